The molecule has 4 heterocycles. The number of hydrogen-bond acceptors (Lipinski definition) is 5. The first-order chi connectivity index (χ1) is 31.0. The largest absolute Gasteiger partial charge is 0.454 e. The molecule has 0 saturated carbocycles. The van der Waals surface area contributed by atoms with Crippen molar-refractivity contribution in [3.8, 4) is 0 Å². The third-order valence-corrected chi connectivity index (χ3v) is 14.6. The Bertz CT molecular complexity index is 3390. The van der Waals surface area contributed by atoms with Gasteiger partial charge in [-0.05, 0) is 118 Å². The van der Waals surface area contributed by atoms with Crippen LogP contribution in [0.2, 0.25) is 0 Å². The van der Waals surface area contributed by atoms with Crippen LogP contribution in [-0.2, 0) is 10.8 Å². The van der Waals surface area contributed by atoms with Crippen molar-refractivity contribution in [2.24, 2.45) is 0 Å². The zero-order valence-electron chi connectivity index (χ0n) is 37.1. The van der Waals surface area contributed by atoms with Gasteiger partial charge < -0.3 is 19.1 Å². The van der Waals surface area contributed by atoms with Crippen LogP contribution in [0.5, 0.6) is 0 Å². The van der Waals surface area contributed by atoms with E-state index in [0.29, 0.717) is 0 Å². The van der Waals surface area contributed by atoms with Gasteiger partial charge in [0.15, 0.2) is 5.58 Å². The molecule has 310 valence electrons. The molecule has 2 aromatic heterocycles. The first kappa shape index (κ1) is 38.6. The lowest BCUT2D eigenvalue weighted by Gasteiger charge is -2.43. The van der Waals surface area contributed by atoms with Crippen molar-refractivity contribution in [2.45, 2.75) is 52.4 Å². The molecule has 0 spiro atoms. The third kappa shape index (κ3) is 5.96. The molecule has 0 radical (unpaired) electrons. The molecular weight excluding hydrogens is 798 g/mol. The number of benzene rings is 8. The Kier molecular flexibility index (Phi) is 8.60. The van der Waals surface area contributed by atoms with Crippen LogP contribution in [0.4, 0.5) is 51.2 Å². The lowest BCUT2D eigenvalue weighted by atomic mass is 9.36. The second-order valence-corrected chi connectivity index (χ2v) is 20.5. The minimum absolute atomic E-state index is 0.00264. The number of thiophene rings is 1. The summed E-state index contributed by atoms with van der Waals surface area (Å²) in [6.45, 7) is 13.8. The van der Waals surface area contributed by atoms with Gasteiger partial charge in [-0.2, -0.15) is 0 Å². The quantitative estimate of drug-likeness (QED) is 0.161. The minimum Gasteiger partial charge on any atom is -0.454 e. The van der Waals surface area contributed by atoms with Crippen LogP contribution < -0.4 is 30.4 Å². The summed E-state index contributed by atoms with van der Waals surface area (Å²) in [6.07, 6.45) is 0. The van der Waals surface area contributed by atoms with Crippen LogP contribution in [-0.4, -0.2) is 6.71 Å². The Morgan fingerprint density at radius 3 is 1.80 bits per heavy atom. The van der Waals surface area contributed by atoms with Crippen LogP contribution in [0, 0.1) is 0 Å². The summed E-state index contributed by atoms with van der Waals surface area (Å²) < 4.78 is 9.55. The van der Waals surface area contributed by atoms with Crippen molar-refractivity contribution in [1.29, 1.82) is 0 Å². The van der Waals surface area contributed by atoms with E-state index in [-0.39, 0.29) is 17.5 Å². The van der Waals surface area contributed by atoms with E-state index in [0.717, 1.165) is 61.8 Å². The predicted octanol–water partition coefficient (Wildman–Crippen LogP) is 14.9. The summed E-state index contributed by atoms with van der Waals surface area (Å²) in [5.74, 6) is 0. The number of nitrogens with zero attached hydrogens (tertiary/aromatic N) is 3. The zero-order valence-corrected chi connectivity index (χ0v) is 37.9. The van der Waals surface area contributed by atoms with Crippen LogP contribution >= 0.6 is 11.3 Å². The first-order valence-electron chi connectivity index (χ1n) is 22.4. The highest BCUT2D eigenvalue weighted by Crippen LogP contribution is 2.51. The van der Waals surface area contributed by atoms with Crippen molar-refractivity contribution in [1.82, 2.24) is 0 Å². The molecule has 0 saturated heterocycles. The van der Waals surface area contributed by atoms with E-state index in [2.05, 4.69) is 238 Å². The third-order valence-electron chi connectivity index (χ3n) is 13.3. The fourth-order valence-corrected chi connectivity index (χ4v) is 11.5. The van der Waals surface area contributed by atoms with Crippen molar-refractivity contribution in [2.75, 3.05) is 14.7 Å². The van der Waals surface area contributed by atoms with E-state index in [1.165, 1.54) is 48.3 Å². The van der Waals surface area contributed by atoms with Gasteiger partial charge >= 0.3 is 0 Å². The highest BCUT2D eigenvalue weighted by atomic mass is 32.1. The van der Waals surface area contributed by atoms with E-state index in [1.54, 1.807) is 0 Å². The average molecular weight is 846 g/mol. The minimum atomic E-state index is -0.0149. The van der Waals surface area contributed by atoms with Gasteiger partial charge in [0.05, 0.1) is 11.4 Å². The molecule has 2 aliphatic heterocycles. The van der Waals surface area contributed by atoms with E-state index in [4.69, 9.17) is 4.42 Å². The van der Waals surface area contributed by atoms with Gasteiger partial charge in [-0.15, -0.1) is 11.3 Å². The fourth-order valence-electron chi connectivity index (χ4n) is 10.2. The Labute approximate surface area is 379 Å². The normalized spacial score (nSPS) is 13.4. The van der Waals surface area contributed by atoms with Gasteiger partial charge in [-0.25, -0.2) is 0 Å². The molecule has 0 fully saturated rings. The standard InChI is InChI=1S/C58H48BN3OS/c1-57(2,3)37-27-30-41(31-28-37)61-47-23-16-24-48-53(47)59(56-54(61)45-35-38(58(4,5)6)29-34-52(45)64-56)46-33-32-42(60(39-17-9-7-10-18-39)40-19-11-8-12-20-40)36-50(46)62(48)49-25-15-22-44-43-21-13-14-26-51(43)63-55(44)49/h7-36H,1-6H3. The van der Waals surface area contributed by atoms with Crippen molar-refractivity contribution in [3.05, 3.63) is 193 Å². The molecule has 8 aromatic carbocycles. The monoisotopic (exact) mass is 845 g/mol. The first-order valence-corrected chi connectivity index (χ1v) is 23.2. The number of rotatable bonds is 5. The van der Waals surface area contributed by atoms with E-state index < -0.39 is 0 Å². The molecule has 0 aliphatic carbocycles. The second-order valence-electron chi connectivity index (χ2n) is 19.4. The van der Waals surface area contributed by atoms with Crippen LogP contribution in [0.15, 0.2) is 186 Å². The summed E-state index contributed by atoms with van der Waals surface area (Å²) in [6, 6.07) is 67.0. The number of anilines is 9. The molecule has 12 rings (SSSR count). The van der Waals surface area contributed by atoms with Gasteiger partial charge in [0, 0.05) is 65.4 Å². The van der Waals surface area contributed by atoms with Gasteiger partial charge in [-0.1, -0.05) is 139 Å². The van der Waals surface area contributed by atoms with E-state index >= 15 is 0 Å². The molecule has 0 N–H and O–H groups in total. The number of fused-ring (bicyclic) bond motifs is 9. The molecule has 10 aromatic rings. The van der Waals surface area contributed by atoms with Crippen LogP contribution in [0.3, 0.4) is 0 Å². The van der Waals surface area contributed by atoms with Crippen LogP contribution in [0.1, 0.15) is 52.7 Å². The molecule has 4 nitrogen and oxygen atoms in total. The average Bonchev–Trinajstić information content (AvgIpc) is 3.88. The molecule has 64 heavy (non-hydrogen) atoms. The topological polar surface area (TPSA) is 22.9 Å². The van der Waals surface area contributed by atoms with Crippen molar-refractivity contribution < 1.29 is 4.42 Å². The number of hydrogen-bond donors (Lipinski definition) is 0. The second kappa shape index (κ2) is 14.3. The molecule has 0 bridgehead atoms. The summed E-state index contributed by atoms with van der Waals surface area (Å²) in [5.41, 5.74) is 17.3. The van der Waals surface area contributed by atoms with Gasteiger partial charge in [0.25, 0.3) is 6.71 Å². The molecule has 0 atom stereocenters. The van der Waals surface area contributed by atoms with Gasteiger partial charge in [0.2, 0.25) is 0 Å². The molecular formula is C58H48BN3OS. The summed E-state index contributed by atoms with van der Waals surface area (Å²) >= 11 is 1.95. The Balaban J connectivity index is 1.17. The van der Waals surface area contributed by atoms with Gasteiger partial charge in [0.1, 0.15) is 5.58 Å². The van der Waals surface area contributed by atoms with Crippen LogP contribution in [0.25, 0.3) is 32.0 Å². The highest BCUT2D eigenvalue weighted by molar-refractivity contribution is 7.33. The smallest absolute Gasteiger partial charge is 0.264 e. The van der Waals surface area contributed by atoms with Gasteiger partial charge in [-0.3, -0.25) is 0 Å². The maximum atomic E-state index is 6.88. The Morgan fingerprint density at radius 1 is 0.484 bits per heavy atom. The molecule has 0 unspecified atom stereocenters. The molecule has 6 heteroatoms. The zero-order chi connectivity index (χ0) is 43.5. The van der Waals surface area contributed by atoms with E-state index in [1.807, 2.05) is 11.3 Å². The predicted molar refractivity (Wildman–Crippen MR) is 275 cm³/mol. The number of para-hydroxylation sites is 4. The van der Waals surface area contributed by atoms with Crippen molar-refractivity contribution in [3.63, 3.8) is 0 Å². The Hall–Kier alpha value is -7.02. The van der Waals surface area contributed by atoms with E-state index in [9.17, 15) is 0 Å². The lowest BCUT2D eigenvalue weighted by molar-refractivity contribution is 0.590. The molecule has 0 amide bonds. The summed E-state index contributed by atoms with van der Waals surface area (Å²) in [4.78, 5) is 7.42. The lowest BCUT2D eigenvalue weighted by Crippen LogP contribution is -2.60. The van der Waals surface area contributed by atoms with Crippen molar-refractivity contribution >= 4 is 117 Å². The highest BCUT2D eigenvalue weighted by Gasteiger charge is 2.46. The SMILES string of the molecule is CC(C)(C)c1ccc(N2c3cccc4c3B(c3ccc(N(c5ccccc5)c5ccccc5)cc3N4c3cccc4c3oc3ccccc34)c3sc4ccc(C(C)(C)C)cc4c32)cc1. The molecule has 2 aliphatic rings. The maximum absolute atomic E-state index is 6.88. The fraction of sp³-hybridized carbons (Fsp3) is 0.138. The maximum Gasteiger partial charge on any atom is 0.264 e. The summed E-state index contributed by atoms with van der Waals surface area (Å²) in [5, 5.41) is 3.53. The number of furan rings is 1. The summed E-state index contributed by atoms with van der Waals surface area (Å²) in [7, 11) is 0. The Morgan fingerprint density at radius 2 is 1.09 bits per heavy atom.